The number of thiophene rings is 1. The number of hydrogen-bond donors (Lipinski definition) is 1. The summed E-state index contributed by atoms with van der Waals surface area (Å²) in [5, 5.41) is 4.23. The summed E-state index contributed by atoms with van der Waals surface area (Å²) in [6.45, 7) is 3.85. The van der Waals surface area contributed by atoms with E-state index in [0.717, 1.165) is 23.7 Å². The maximum absolute atomic E-state index is 6.07. The summed E-state index contributed by atoms with van der Waals surface area (Å²) >= 11 is 7.90. The maximum Gasteiger partial charge on any atom is 0.0450 e. The van der Waals surface area contributed by atoms with Crippen LogP contribution in [0.1, 0.15) is 15.3 Å². The van der Waals surface area contributed by atoms with Crippen LogP contribution in [0.2, 0.25) is 5.02 Å². The first-order valence-electron chi connectivity index (χ1n) is 5.25. The predicted octanol–water partition coefficient (Wildman–Crippen LogP) is 1.00. The van der Waals surface area contributed by atoms with Gasteiger partial charge in [-0.15, -0.1) is 11.3 Å². The zero-order valence-corrected chi connectivity index (χ0v) is 11.9. The van der Waals surface area contributed by atoms with Gasteiger partial charge in [-0.1, -0.05) is 29.8 Å². The standard InChI is InChI=1S/C13H14ClNS.ClH/c1-10-6-7-12(16-10)9-15-8-11-4-2-3-5-13(11)14;/h2-7,15H,8-9H2,1H3;1H/p-1. The SMILES string of the molecule is Cc1ccc(CNCc2ccccc2Cl)s1.[Cl-]. The molecule has 92 valence electrons. The lowest BCUT2D eigenvalue weighted by atomic mass is 10.2. The highest BCUT2D eigenvalue weighted by atomic mass is 35.5. The Balaban J connectivity index is 0.00000144. The van der Waals surface area contributed by atoms with Gasteiger partial charge in [-0.2, -0.15) is 0 Å². The van der Waals surface area contributed by atoms with E-state index in [-0.39, 0.29) is 12.4 Å². The Morgan fingerprint density at radius 3 is 2.53 bits per heavy atom. The molecule has 1 nitrogen and oxygen atoms in total. The van der Waals surface area contributed by atoms with E-state index in [4.69, 9.17) is 11.6 Å². The molecule has 4 heteroatoms. The molecule has 0 radical (unpaired) electrons. The molecule has 0 bridgehead atoms. The first-order valence-corrected chi connectivity index (χ1v) is 6.44. The largest absolute Gasteiger partial charge is 1.00 e. The van der Waals surface area contributed by atoms with E-state index in [9.17, 15) is 0 Å². The number of benzene rings is 1. The number of aryl methyl sites for hydroxylation is 1. The first kappa shape index (κ1) is 14.5. The Labute approximate surface area is 117 Å². The highest BCUT2D eigenvalue weighted by Gasteiger charge is 1.99. The molecule has 0 fully saturated rings. The molecule has 1 heterocycles. The Hall–Kier alpha value is -0.540. The minimum absolute atomic E-state index is 0. The van der Waals surface area contributed by atoms with Crippen LogP contribution in [0.4, 0.5) is 0 Å². The average molecular weight is 287 g/mol. The van der Waals surface area contributed by atoms with Gasteiger partial charge in [-0.3, -0.25) is 0 Å². The summed E-state index contributed by atoms with van der Waals surface area (Å²) in [5.74, 6) is 0. The molecular formula is C13H14Cl2NS-. The second kappa shape index (κ2) is 7.02. The van der Waals surface area contributed by atoms with Gasteiger partial charge in [-0.05, 0) is 30.7 Å². The third-order valence-electron chi connectivity index (χ3n) is 2.37. The molecular weight excluding hydrogens is 273 g/mol. The Kier molecular flexibility index (Phi) is 6.00. The first-order chi connectivity index (χ1) is 7.75. The van der Waals surface area contributed by atoms with Crippen molar-refractivity contribution in [2.75, 3.05) is 0 Å². The molecule has 2 rings (SSSR count). The fourth-order valence-electron chi connectivity index (χ4n) is 1.54. The van der Waals surface area contributed by atoms with Gasteiger partial charge in [0, 0.05) is 27.9 Å². The van der Waals surface area contributed by atoms with Gasteiger partial charge in [-0.25, -0.2) is 0 Å². The third kappa shape index (κ3) is 4.32. The molecule has 0 aliphatic heterocycles. The highest BCUT2D eigenvalue weighted by Crippen LogP contribution is 2.16. The summed E-state index contributed by atoms with van der Waals surface area (Å²) in [6, 6.07) is 12.3. The van der Waals surface area contributed by atoms with Crippen LogP contribution in [0.15, 0.2) is 36.4 Å². The third-order valence-corrected chi connectivity index (χ3v) is 3.74. The van der Waals surface area contributed by atoms with Crippen LogP contribution in [0.3, 0.4) is 0 Å². The van der Waals surface area contributed by atoms with Crippen LogP contribution in [0, 0.1) is 6.92 Å². The topological polar surface area (TPSA) is 12.0 Å². The van der Waals surface area contributed by atoms with E-state index in [1.54, 1.807) is 0 Å². The average Bonchev–Trinajstić information content (AvgIpc) is 2.67. The van der Waals surface area contributed by atoms with Crippen LogP contribution >= 0.6 is 22.9 Å². The summed E-state index contributed by atoms with van der Waals surface area (Å²) in [5.41, 5.74) is 1.15. The molecule has 0 amide bonds. The van der Waals surface area contributed by atoms with Crippen LogP contribution in [0.5, 0.6) is 0 Å². The van der Waals surface area contributed by atoms with Crippen LogP contribution < -0.4 is 17.7 Å². The van der Waals surface area contributed by atoms with Gasteiger partial charge < -0.3 is 17.7 Å². The van der Waals surface area contributed by atoms with Crippen molar-refractivity contribution in [2.45, 2.75) is 20.0 Å². The second-order valence-corrected chi connectivity index (χ2v) is 5.49. The van der Waals surface area contributed by atoms with Gasteiger partial charge in [0.15, 0.2) is 0 Å². The number of rotatable bonds is 4. The zero-order chi connectivity index (χ0) is 11.4. The fourth-order valence-corrected chi connectivity index (χ4v) is 2.60. The fraction of sp³-hybridized carbons (Fsp3) is 0.231. The molecule has 0 spiro atoms. The predicted molar refractivity (Wildman–Crippen MR) is 71.1 cm³/mol. The maximum atomic E-state index is 6.07. The molecule has 0 atom stereocenters. The van der Waals surface area contributed by atoms with Gasteiger partial charge in [0.2, 0.25) is 0 Å². The van der Waals surface area contributed by atoms with Crippen molar-refractivity contribution in [3.63, 3.8) is 0 Å². The monoisotopic (exact) mass is 286 g/mol. The summed E-state index contributed by atoms with van der Waals surface area (Å²) < 4.78 is 0. The van der Waals surface area contributed by atoms with Crippen molar-refractivity contribution in [1.29, 1.82) is 0 Å². The Morgan fingerprint density at radius 1 is 1.12 bits per heavy atom. The van der Waals surface area contributed by atoms with Crippen molar-refractivity contribution in [2.24, 2.45) is 0 Å². The van der Waals surface area contributed by atoms with Gasteiger partial charge in [0.05, 0.1) is 0 Å². The summed E-state index contributed by atoms with van der Waals surface area (Å²) in [7, 11) is 0. The summed E-state index contributed by atoms with van der Waals surface area (Å²) in [6.07, 6.45) is 0. The second-order valence-electron chi connectivity index (χ2n) is 3.71. The van der Waals surface area contributed by atoms with E-state index < -0.39 is 0 Å². The molecule has 1 aromatic carbocycles. The molecule has 0 saturated carbocycles. The molecule has 1 aromatic heterocycles. The lowest BCUT2D eigenvalue weighted by Gasteiger charge is -2.05. The van der Waals surface area contributed by atoms with Crippen LogP contribution in [-0.4, -0.2) is 0 Å². The Morgan fingerprint density at radius 2 is 1.88 bits per heavy atom. The van der Waals surface area contributed by atoms with E-state index in [0.29, 0.717) is 0 Å². The molecule has 1 N–H and O–H groups in total. The normalized spacial score (nSPS) is 10.0. The molecule has 0 saturated heterocycles. The van der Waals surface area contributed by atoms with Crippen molar-refractivity contribution in [3.8, 4) is 0 Å². The van der Waals surface area contributed by atoms with E-state index in [2.05, 4.69) is 30.4 Å². The van der Waals surface area contributed by atoms with Crippen molar-refractivity contribution in [3.05, 3.63) is 56.7 Å². The van der Waals surface area contributed by atoms with E-state index >= 15 is 0 Å². The number of nitrogens with one attached hydrogen (secondary N) is 1. The van der Waals surface area contributed by atoms with Crippen molar-refractivity contribution >= 4 is 22.9 Å². The van der Waals surface area contributed by atoms with Gasteiger partial charge in [0.1, 0.15) is 0 Å². The molecule has 0 unspecified atom stereocenters. The Bertz CT molecular complexity index is 468. The van der Waals surface area contributed by atoms with Crippen LogP contribution in [0.25, 0.3) is 0 Å². The lowest BCUT2D eigenvalue weighted by Crippen LogP contribution is -3.00. The minimum Gasteiger partial charge on any atom is -1.00 e. The number of hydrogen-bond acceptors (Lipinski definition) is 2. The van der Waals surface area contributed by atoms with Gasteiger partial charge in [0.25, 0.3) is 0 Å². The molecule has 17 heavy (non-hydrogen) atoms. The quantitative estimate of drug-likeness (QED) is 0.885. The van der Waals surface area contributed by atoms with Gasteiger partial charge >= 0.3 is 0 Å². The molecule has 0 aliphatic carbocycles. The van der Waals surface area contributed by atoms with Crippen molar-refractivity contribution < 1.29 is 12.4 Å². The smallest absolute Gasteiger partial charge is 0.0450 e. The van der Waals surface area contributed by atoms with E-state index in [1.807, 2.05) is 29.5 Å². The lowest BCUT2D eigenvalue weighted by molar-refractivity contribution is -0.00000314. The van der Waals surface area contributed by atoms with E-state index in [1.165, 1.54) is 9.75 Å². The number of halogens is 2. The molecule has 2 aromatic rings. The summed E-state index contributed by atoms with van der Waals surface area (Å²) in [4.78, 5) is 2.72. The highest BCUT2D eigenvalue weighted by molar-refractivity contribution is 7.11. The molecule has 0 aliphatic rings. The zero-order valence-electron chi connectivity index (χ0n) is 9.54. The van der Waals surface area contributed by atoms with Crippen LogP contribution in [-0.2, 0) is 13.1 Å². The minimum atomic E-state index is 0. The van der Waals surface area contributed by atoms with Crippen molar-refractivity contribution in [1.82, 2.24) is 5.32 Å².